The van der Waals surface area contributed by atoms with E-state index in [1.54, 1.807) is 6.07 Å². The lowest BCUT2D eigenvalue weighted by atomic mass is 9.98. The molecule has 38 heavy (non-hydrogen) atoms. The molecule has 5 rings (SSSR count). The van der Waals surface area contributed by atoms with Crippen LogP contribution < -0.4 is 10.6 Å². The van der Waals surface area contributed by atoms with Crippen molar-refractivity contribution in [3.63, 3.8) is 0 Å². The molecule has 0 fully saturated rings. The van der Waals surface area contributed by atoms with Crippen LogP contribution in [0.1, 0.15) is 29.0 Å². The van der Waals surface area contributed by atoms with Crippen molar-refractivity contribution in [2.45, 2.75) is 19.3 Å². The lowest BCUT2D eigenvalue weighted by molar-refractivity contribution is -0.117. The van der Waals surface area contributed by atoms with Crippen LogP contribution in [0.3, 0.4) is 0 Å². The Morgan fingerprint density at radius 1 is 0.895 bits per heavy atom. The maximum Gasteiger partial charge on any atom is 0.414 e. The van der Waals surface area contributed by atoms with Crippen molar-refractivity contribution in [2.75, 3.05) is 18.1 Å². The number of halogens is 2. The lowest BCUT2D eigenvalue weighted by Crippen LogP contribution is -2.35. The summed E-state index contributed by atoms with van der Waals surface area (Å²) in [4.78, 5) is 30.2. The van der Waals surface area contributed by atoms with Crippen LogP contribution in [0.15, 0.2) is 79.0 Å². The van der Waals surface area contributed by atoms with Gasteiger partial charge in [-0.1, -0.05) is 54.6 Å². The number of carbonyl (C=O) groups excluding carboxylic acids is 2. The van der Waals surface area contributed by atoms with Gasteiger partial charge in [0.25, 0.3) is 0 Å². The van der Waals surface area contributed by atoms with Crippen LogP contribution in [-0.4, -0.2) is 30.1 Å². The van der Waals surface area contributed by atoms with Gasteiger partial charge in [0.15, 0.2) is 11.6 Å². The second-order valence-corrected chi connectivity index (χ2v) is 9.13. The number of pyridine rings is 1. The van der Waals surface area contributed by atoms with E-state index in [-0.39, 0.29) is 42.3 Å². The first-order chi connectivity index (χ1) is 18.3. The van der Waals surface area contributed by atoms with Crippen LogP contribution in [0, 0.1) is 18.6 Å². The molecule has 0 spiro atoms. The highest BCUT2D eigenvalue weighted by molar-refractivity contribution is 5.89. The van der Waals surface area contributed by atoms with Gasteiger partial charge in [0, 0.05) is 24.4 Å². The summed E-state index contributed by atoms with van der Waals surface area (Å²) in [7, 11) is 0. The fourth-order valence-corrected chi connectivity index (χ4v) is 4.77. The fourth-order valence-electron chi connectivity index (χ4n) is 4.77. The van der Waals surface area contributed by atoms with E-state index in [4.69, 9.17) is 10.5 Å². The maximum atomic E-state index is 14.5. The highest BCUT2D eigenvalue weighted by Gasteiger charge is 2.30. The van der Waals surface area contributed by atoms with Gasteiger partial charge < -0.3 is 10.5 Å². The highest BCUT2D eigenvalue weighted by Crippen LogP contribution is 2.44. The number of anilines is 1. The predicted molar refractivity (Wildman–Crippen MR) is 141 cm³/mol. The Bertz CT molecular complexity index is 1480. The average Bonchev–Trinajstić information content (AvgIpc) is 3.25. The molecule has 0 saturated carbocycles. The molecule has 2 N–H and O–H groups in total. The van der Waals surface area contributed by atoms with Crippen molar-refractivity contribution < 1.29 is 23.1 Å². The molecule has 0 bridgehead atoms. The number of nitrogens with two attached hydrogens (primary N) is 1. The largest absolute Gasteiger partial charge is 0.448 e. The van der Waals surface area contributed by atoms with Gasteiger partial charge in [0.1, 0.15) is 6.61 Å². The normalized spacial score (nSPS) is 12.1. The van der Waals surface area contributed by atoms with E-state index in [1.807, 2.05) is 48.5 Å². The van der Waals surface area contributed by atoms with Gasteiger partial charge in [0.05, 0.1) is 17.6 Å². The van der Waals surface area contributed by atoms with E-state index >= 15 is 0 Å². The molecule has 1 aromatic heterocycles. The van der Waals surface area contributed by atoms with Crippen LogP contribution in [-0.2, 0) is 9.53 Å². The molecule has 0 unspecified atom stereocenters. The molecular formula is C30H25F2N3O3. The van der Waals surface area contributed by atoms with Crippen molar-refractivity contribution in [3.05, 3.63) is 107 Å². The van der Waals surface area contributed by atoms with Crippen molar-refractivity contribution in [2.24, 2.45) is 5.73 Å². The number of hydrogen-bond donors (Lipinski definition) is 1. The molecule has 1 heterocycles. The summed E-state index contributed by atoms with van der Waals surface area (Å²) in [5.74, 6) is -2.64. The Balaban J connectivity index is 1.37. The van der Waals surface area contributed by atoms with E-state index in [0.717, 1.165) is 22.3 Å². The molecule has 0 saturated heterocycles. The summed E-state index contributed by atoms with van der Waals surface area (Å²) < 4.78 is 34.3. The molecule has 0 radical (unpaired) electrons. The summed E-state index contributed by atoms with van der Waals surface area (Å²) in [5.41, 5.74) is 10.4. The van der Waals surface area contributed by atoms with Crippen LogP contribution in [0.4, 0.5) is 19.3 Å². The smallest absolute Gasteiger partial charge is 0.414 e. The maximum absolute atomic E-state index is 14.5. The molecule has 0 aliphatic heterocycles. The van der Waals surface area contributed by atoms with Crippen LogP contribution in [0.2, 0.25) is 0 Å². The fraction of sp³-hybridized carbons (Fsp3) is 0.167. The zero-order valence-corrected chi connectivity index (χ0v) is 20.7. The first-order valence-corrected chi connectivity index (χ1v) is 12.2. The minimum atomic E-state index is -0.993. The number of nitrogens with zero attached hydrogens (tertiary/aromatic N) is 2. The molecule has 1 aliphatic rings. The lowest BCUT2D eigenvalue weighted by Gasteiger charge is -2.23. The number of fused-ring (bicyclic) bond motifs is 3. The van der Waals surface area contributed by atoms with E-state index in [9.17, 15) is 18.4 Å². The summed E-state index contributed by atoms with van der Waals surface area (Å²) in [6, 6.07) is 21.9. The number of primary amides is 1. The summed E-state index contributed by atoms with van der Waals surface area (Å²) in [6.07, 6.45) is 0.592. The molecule has 3 aromatic carbocycles. The molecule has 8 heteroatoms. The zero-order chi connectivity index (χ0) is 26.8. The first-order valence-electron chi connectivity index (χ1n) is 12.2. The summed E-state index contributed by atoms with van der Waals surface area (Å²) in [6.45, 7) is 1.55. The minimum absolute atomic E-state index is 0.00414. The Morgan fingerprint density at radius 2 is 1.55 bits per heavy atom. The Morgan fingerprint density at radius 3 is 2.16 bits per heavy atom. The van der Waals surface area contributed by atoms with E-state index in [1.165, 1.54) is 36.2 Å². The van der Waals surface area contributed by atoms with Gasteiger partial charge in [-0.3, -0.25) is 14.7 Å². The third-order valence-corrected chi connectivity index (χ3v) is 6.75. The predicted octanol–water partition coefficient (Wildman–Crippen LogP) is 5.97. The number of benzene rings is 3. The topological polar surface area (TPSA) is 85.5 Å². The Hall–Kier alpha value is -4.59. The number of hydrogen-bond acceptors (Lipinski definition) is 4. The zero-order valence-electron chi connectivity index (χ0n) is 20.7. The molecule has 1 aliphatic carbocycles. The van der Waals surface area contributed by atoms with Gasteiger partial charge in [-0.15, -0.1) is 0 Å². The molecular weight excluding hydrogens is 488 g/mol. The van der Waals surface area contributed by atoms with Crippen LogP contribution in [0.25, 0.3) is 22.4 Å². The molecule has 0 atom stereocenters. The Labute approximate surface area is 218 Å². The number of ether oxygens (including phenoxy) is 1. The monoisotopic (exact) mass is 513 g/mol. The number of rotatable bonds is 7. The van der Waals surface area contributed by atoms with Gasteiger partial charge in [-0.05, 0) is 52.9 Å². The standard InChI is InChI=1S/C30H25F2N3O3/c1-18-10-12-24(29(32)28(18)31)26-13-11-19(16-34-26)35(15-14-27(33)36)30(37)38-17-25-22-8-4-2-6-20(22)21-7-3-5-9-23(21)25/h2-13,16,25H,14-15,17H2,1H3,(H2,33,36). The van der Waals surface area contributed by atoms with Crippen molar-refractivity contribution in [1.29, 1.82) is 0 Å². The summed E-state index contributed by atoms with van der Waals surface area (Å²) in [5, 5.41) is 0. The van der Waals surface area contributed by atoms with Gasteiger partial charge in [-0.2, -0.15) is 0 Å². The minimum Gasteiger partial charge on any atom is -0.448 e. The summed E-state index contributed by atoms with van der Waals surface area (Å²) >= 11 is 0. The SMILES string of the molecule is Cc1ccc(-c2ccc(N(CCC(N)=O)C(=O)OCC3c4ccccc4-c4ccccc43)cn2)c(F)c1F. The number of aryl methyl sites for hydroxylation is 1. The van der Waals surface area contributed by atoms with Crippen molar-refractivity contribution in [3.8, 4) is 22.4 Å². The number of aromatic nitrogens is 1. The highest BCUT2D eigenvalue weighted by atomic mass is 19.2. The van der Waals surface area contributed by atoms with E-state index in [2.05, 4.69) is 4.98 Å². The molecule has 4 aromatic rings. The molecule has 192 valence electrons. The van der Waals surface area contributed by atoms with Gasteiger partial charge in [-0.25, -0.2) is 13.6 Å². The first kappa shape index (κ1) is 25.1. The van der Waals surface area contributed by atoms with E-state index in [0.29, 0.717) is 5.69 Å². The van der Waals surface area contributed by atoms with E-state index < -0.39 is 23.6 Å². The second-order valence-electron chi connectivity index (χ2n) is 9.13. The van der Waals surface area contributed by atoms with Gasteiger partial charge in [0.2, 0.25) is 5.91 Å². The second kappa shape index (κ2) is 10.4. The quantitative estimate of drug-likeness (QED) is 0.330. The molecule has 6 nitrogen and oxygen atoms in total. The number of carbonyl (C=O) groups is 2. The van der Waals surface area contributed by atoms with Crippen LogP contribution in [0.5, 0.6) is 0 Å². The van der Waals surface area contributed by atoms with Gasteiger partial charge >= 0.3 is 6.09 Å². The van der Waals surface area contributed by atoms with Crippen LogP contribution >= 0.6 is 0 Å². The van der Waals surface area contributed by atoms with Crippen molar-refractivity contribution >= 4 is 17.7 Å². The third-order valence-electron chi connectivity index (χ3n) is 6.75. The van der Waals surface area contributed by atoms with Crippen molar-refractivity contribution in [1.82, 2.24) is 4.98 Å². The average molecular weight is 514 g/mol. The number of amides is 2. The Kier molecular flexibility index (Phi) is 6.87. The molecule has 2 amide bonds. The third kappa shape index (κ3) is 4.72.